The van der Waals surface area contributed by atoms with Crippen molar-refractivity contribution in [3.8, 4) is 0 Å². The smallest absolute Gasteiger partial charge is 0.255 e. The van der Waals surface area contributed by atoms with Crippen LogP contribution in [0, 0.1) is 5.92 Å². The fourth-order valence-electron chi connectivity index (χ4n) is 2.92. The molecule has 0 radical (unpaired) electrons. The van der Waals surface area contributed by atoms with Gasteiger partial charge in [-0.3, -0.25) is 14.5 Å². The first kappa shape index (κ1) is 17.8. The first-order chi connectivity index (χ1) is 13.7. The molecule has 2 amide bonds. The van der Waals surface area contributed by atoms with Crippen molar-refractivity contribution in [1.82, 2.24) is 15.5 Å². The molecule has 28 heavy (non-hydrogen) atoms. The predicted molar refractivity (Wildman–Crippen MR) is 106 cm³/mol. The third-order valence-corrected chi connectivity index (χ3v) is 4.56. The zero-order valence-corrected chi connectivity index (χ0v) is 15.1. The number of nitrogens with one attached hydrogen (secondary N) is 2. The van der Waals surface area contributed by atoms with Gasteiger partial charge in [0.05, 0.1) is 11.6 Å². The SMILES string of the molecule is O=C(Nc1ccccc1)c1ccc(N(C(=O)C2CNC2)c2cccnn2)cc1. The fraction of sp³-hybridized carbons (Fsp3) is 0.143. The largest absolute Gasteiger partial charge is 0.322 e. The summed E-state index contributed by atoms with van der Waals surface area (Å²) in [7, 11) is 0. The second-order valence-electron chi connectivity index (χ2n) is 6.48. The van der Waals surface area contributed by atoms with Crippen molar-refractivity contribution in [2.45, 2.75) is 0 Å². The summed E-state index contributed by atoms with van der Waals surface area (Å²) in [5, 5.41) is 13.9. The van der Waals surface area contributed by atoms with E-state index in [4.69, 9.17) is 0 Å². The highest BCUT2D eigenvalue weighted by molar-refractivity contribution is 6.05. The van der Waals surface area contributed by atoms with Gasteiger partial charge in [-0.1, -0.05) is 18.2 Å². The molecule has 0 bridgehead atoms. The van der Waals surface area contributed by atoms with Gasteiger partial charge in [-0.05, 0) is 48.5 Å². The maximum absolute atomic E-state index is 12.9. The van der Waals surface area contributed by atoms with Crippen LogP contribution < -0.4 is 15.5 Å². The van der Waals surface area contributed by atoms with Gasteiger partial charge < -0.3 is 10.6 Å². The first-order valence-corrected chi connectivity index (χ1v) is 9.01. The Balaban J connectivity index is 1.57. The lowest BCUT2D eigenvalue weighted by Gasteiger charge is -2.31. The fourth-order valence-corrected chi connectivity index (χ4v) is 2.92. The Labute approximate surface area is 162 Å². The summed E-state index contributed by atoms with van der Waals surface area (Å²) in [4.78, 5) is 26.9. The topological polar surface area (TPSA) is 87.2 Å². The maximum atomic E-state index is 12.9. The van der Waals surface area contributed by atoms with E-state index in [2.05, 4.69) is 20.8 Å². The van der Waals surface area contributed by atoms with Gasteiger partial charge in [-0.15, -0.1) is 5.10 Å². The first-order valence-electron chi connectivity index (χ1n) is 9.01. The van der Waals surface area contributed by atoms with Gasteiger partial charge in [-0.25, -0.2) is 0 Å². The molecule has 0 aliphatic carbocycles. The van der Waals surface area contributed by atoms with E-state index < -0.39 is 0 Å². The number of anilines is 3. The van der Waals surface area contributed by atoms with Crippen molar-refractivity contribution in [2.75, 3.05) is 23.3 Å². The number of rotatable bonds is 5. The van der Waals surface area contributed by atoms with E-state index in [1.807, 2.05) is 30.3 Å². The number of aromatic nitrogens is 2. The molecule has 0 spiro atoms. The number of hydrogen-bond donors (Lipinski definition) is 2. The van der Waals surface area contributed by atoms with Crippen LogP contribution in [0.25, 0.3) is 0 Å². The average molecular weight is 373 g/mol. The number of hydrogen-bond acceptors (Lipinski definition) is 5. The number of nitrogens with zero attached hydrogens (tertiary/aromatic N) is 3. The lowest BCUT2D eigenvalue weighted by Crippen LogP contribution is -2.51. The Kier molecular flexibility index (Phi) is 5.07. The van der Waals surface area contributed by atoms with Crippen LogP contribution in [0.1, 0.15) is 10.4 Å². The van der Waals surface area contributed by atoms with Crippen LogP contribution in [-0.4, -0.2) is 35.1 Å². The van der Waals surface area contributed by atoms with E-state index in [0.29, 0.717) is 30.2 Å². The Morgan fingerprint density at radius 1 is 0.964 bits per heavy atom. The molecule has 0 saturated carbocycles. The quantitative estimate of drug-likeness (QED) is 0.718. The van der Waals surface area contributed by atoms with Gasteiger partial charge in [0.1, 0.15) is 0 Å². The van der Waals surface area contributed by atoms with Crippen LogP contribution in [0.2, 0.25) is 0 Å². The van der Waals surface area contributed by atoms with E-state index in [1.54, 1.807) is 47.5 Å². The summed E-state index contributed by atoms with van der Waals surface area (Å²) in [5.74, 6) is 0.114. The highest BCUT2D eigenvalue weighted by atomic mass is 16.2. The van der Waals surface area contributed by atoms with Crippen LogP contribution >= 0.6 is 0 Å². The van der Waals surface area contributed by atoms with Gasteiger partial charge in [0.2, 0.25) is 5.91 Å². The van der Waals surface area contributed by atoms with Gasteiger partial charge in [0.15, 0.2) is 5.82 Å². The predicted octanol–water partition coefficient (Wildman–Crippen LogP) is 2.61. The standard InChI is InChI=1S/C21H19N5O2/c27-20(24-17-5-2-1-3-6-17)15-8-10-18(11-9-15)26(19-7-4-12-23-25-19)21(28)16-13-22-14-16/h1-12,16,22H,13-14H2,(H,24,27). The van der Waals surface area contributed by atoms with Crippen LogP contribution in [0.15, 0.2) is 72.9 Å². The molecule has 140 valence electrons. The zero-order chi connectivity index (χ0) is 19.3. The molecule has 0 atom stereocenters. The van der Waals surface area contributed by atoms with Crippen LogP contribution in [-0.2, 0) is 4.79 Å². The number of amides is 2. The van der Waals surface area contributed by atoms with Crippen LogP contribution in [0.5, 0.6) is 0 Å². The van der Waals surface area contributed by atoms with Crippen molar-refractivity contribution in [1.29, 1.82) is 0 Å². The minimum Gasteiger partial charge on any atom is -0.322 e. The second kappa shape index (κ2) is 7.98. The molecule has 0 unspecified atom stereocenters. The van der Waals surface area contributed by atoms with Crippen LogP contribution in [0.3, 0.4) is 0 Å². The third-order valence-electron chi connectivity index (χ3n) is 4.56. The molecule has 4 rings (SSSR count). The van der Waals surface area contributed by atoms with Gasteiger partial charge in [0.25, 0.3) is 5.91 Å². The van der Waals surface area contributed by atoms with Gasteiger partial charge in [0, 0.05) is 30.5 Å². The summed E-state index contributed by atoms with van der Waals surface area (Å²) >= 11 is 0. The lowest BCUT2D eigenvalue weighted by atomic mass is 10.0. The van der Waals surface area contributed by atoms with E-state index in [1.165, 1.54) is 0 Å². The molecule has 7 heteroatoms. The van der Waals surface area contributed by atoms with Crippen LogP contribution in [0.4, 0.5) is 17.2 Å². The Bertz CT molecular complexity index is 957. The summed E-state index contributed by atoms with van der Waals surface area (Å²) in [6.07, 6.45) is 1.56. The Hall–Kier alpha value is -3.58. The van der Waals surface area contributed by atoms with E-state index in [9.17, 15) is 9.59 Å². The summed E-state index contributed by atoms with van der Waals surface area (Å²) in [6.45, 7) is 1.29. The van der Waals surface area contributed by atoms with E-state index in [-0.39, 0.29) is 17.7 Å². The molecule has 1 aromatic heterocycles. The minimum atomic E-state index is -0.210. The molecule has 7 nitrogen and oxygen atoms in total. The Morgan fingerprint density at radius 2 is 1.71 bits per heavy atom. The van der Waals surface area contributed by atoms with Crippen molar-refractivity contribution in [3.63, 3.8) is 0 Å². The second-order valence-corrected chi connectivity index (χ2v) is 6.48. The van der Waals surface area contributed by atoms with Crippen molar-refractivity contribution in [3.05, 3.63) is 78.5 Å². The van der Waals surface area contributed by atoms with Crippen molar-refractivity contribution >= 4 is 29.0 Å². The molecule has 1 fully saturated rings. The molecule has 3 aromatic rings. The number of carbonyl (C=O) groups is 2. The molecule has 1 aliphatic rings. The summed E-state index contributed by atoms with van der Waals surface area (Å²) in [5.41, 5.74) is 1.88. The Morgan fingerprint density at radius 3 is 2.32 bits per heavy atom. The highest BCUT2D eigenvalue weighted by Crippen LogP contribution is 2.26. The maximum Gasteiger partial charge on any atom is 0.255 e. The summed E-state index contributed by atoms with van der Waals surface area (Å²) in [6, 6.07) is 19.6. The molecular weight excluding hydrogens is 354 g/mol. The van der Waals surface area contributed by atoms with Gasteiger partial charge >= 0.3 is 0 Å². The highest BCUT2D eigenvalue weighted by Gasteiger charge is 2.31. The average Bonchev–Trinajstić information content (AvgIpc) is 2.69. The lowest BCUT2D eigenvalue weighted by molar-refractivity contribution is -0.123. The number of para-hydroxylation sites is 1. The third kappa shape index (κ3) is 3.74. The molecule has 1 aliphatic heterocycles. The van der Waals surface area contributed by atoms with Crippen molar-refractivity contribution in [2.24, 2.45) is 5.92 Å². The zero-order valence-electron chi connectivity index (χ0n) is 15.1. The van der Waals surface area contributed by atoms with Crippen molar-refractivity contribution < 1.29 is 9.59 Å². The van der Waals surface area contributed by atoms with Gasteiger partial charge in [-0.2, -0.15) is 5.10 Å². The minimum absolute atomic E-state index is 0.0410. The summed E-state index contributed by atoms with van der Waals surface area (Å²) < 4.78 is 0. The number of benzene rings is 2. The van der Waals surface area contributed by atoms with E-state index in [0.717, 1.165) is 5.69 Å². The molecule has 2 heterocycles. The monoisotopic (exact) mass is 373 g/mol. The number of carbonyl (C=O) groups excluding carboxylic acids is 2. The molecule has 1 saturated heterocycles. The molecule has 2 N–H and O–H groups in total. The molecule has 2 aromatic carbocycles. The van der Waals surface area contributed by atoms with E-state index >= 15 is 0 Å². The molecular formula is C21H19N5O2. The normalized spacial score (nSPS) is 13.4.